The fraction of sp³-hybridized carbons (Fsp3) is 0.643. The number of fused-ring (bicyclic) bond motifs is 3. The van der Waals surface area contributed by atoms with E-state index in [0.29, 0.717) is 41.3 Å². The molecule has 1 aliphatic heterocycles. The number of carbonyl (C=O) groups excluding carboxylic acids is 2. The molecule has 0 radical (unpaired) electrons. The third-order valence-corrected chi connectivity index (χ3v) is 12.6. The zero-order chi connectivity index (χ0) is 39.3. The molecule has 2 saturated carbocycles. The van der Waals surface area contributed by atoms with Gasteiger partial charge in [-0.2, -0.15) is 13.2 Å². The van der Waals surface area contributed by atoms with Crippen LogP contribution < -0.4 is 10.6 Å². The highest BCUT2D eigenvalue weighted by Crippen LogP contribution is 2.48. The lowest BCUT2D eigenvalue weighted by atomic mass is 9.74. The molecule has 53 heavy (non-hydrogen) atoms. The Morgan fingerprint density at radius 3 is 2.34 bits per heavy atom. The third-order valence-electron chi connectivity index (χ3n) is 11.6. The number of hydrogen-bond donors (Lipinski definition) is 2. The molecular weight excluding hydrogens is 703 g/mol. The van der Waals surface area contributed by atoms with Gasteiger partial charge in [-0.25, -0.2) is 9.37 Å². The second-order valence-electron chi connectivity index (χ2n) is 14.6. The largest absolute Gasteiger partial charge is 0.419 e. The minimum atomic E-state index is -4.76. The normalized spacial score (nSPS) is 22.0. The zero-order valence-electron chi connectivity index (χ0n) is 32.9. The van der Waals surface area contributed by atoms with Crippen LogP contribution >= 0.6 is 11.3 Å². The molecule has 5 atom stereocenters. The SMILES string of the molecule is CC.CCC(C)c1ccc2nc(C)sc2c1C(=O)NC1C2CCC(C2)C1C.CCCCC1(CC)CCOCC1.O=CNc1ccc(F)c(C(F)(F)F)c1. The Kier molecular flexibility index (Phi) is 17.2. The first-order valence-corrected chi connectivity index (χ1v) is 20.4. The van der Waals surface area contributed by atoms with E-state index in [-0.39, 0.29) is 18.0 Å². The number of thiazole rings is 1. The van der Waals surface area contributed by atoms with Gasteiger partial charge in [0.05, 0.1) is 26.4 Å². The molecule has 2 aromatic carbocycles. The van der Waals surface area contributed by atoms with Gasteiger partial charge in [0, 0.05) is 24.9 Å². The first kappa shape index (κ1) is 44.3. The van der Waals surface area contributed by atoms with Crippen LogP contribution in [-0.4, -0.2) is 36.6 Å². The van der Waals surface area contributed by atoms with Crippen molar-refractivity contribution in [1.29, 1.82) is 0 Å². The Bertz CT molecular complexity index is 1600. The van der Waals surface area contributed by atoms with Crippen molar-refractivity contribution < 1.29 is 31.9 Å². The summed E-state index contributed by atoms with van der Waals surface area (Å²) < 4.78 is 55.5. The molecule has 2 heterocycles. The van der Waals surface area contributed by atoms with Crippen molar-refractivity contribution in [2.75, 3.05) is 18.5 Å². The van der Waals surface area contributed by atoms with Crippen molar-refractivity contribution in [2.24, 2.45) is 23.2 Å². The van der Waals surface area contributed by atoms with E-state index in [4.69, 9.17) is 4.74 Å². The number of carbonyl (C=O) groups is 2. The van der Waals surface area contributed by atoms with E-state index in [2.05, 4.69) is 57.1 Å². The summed E-state index contributed by atoms with van der Waals surface area (Å²) in [4.78, 5) is 27.9. The van der Waals surface area contributed by atoms with Crippen molar-refractivity contribution in [2.45, 2.75) is 138 Å². The summed E-state index contributed by atoms with van der Waals surface area (Å²) in [6, 6.07) is 6.77. The van der Waals surface area contributed by atoms with Crippen LogP contribution in [0.2, 0.25) is 0 Å². The van der Waals surface area contributed by atoms with Crippen LogP contribution in [0.5, 0.6) is 0 Å². The van der Waals surface area contributed by atoms with Gasteiger partial charge in [-0.15, -0.1) is 11.3 Å². The van der Waals surface area contributed by atoms with E-state index in [1.807, 2.05) is 26.1 Å². The van der Waals surface area contributed by atoms with E-state index in [1.165, 1.54) is 63.4 Å². The van der Waals surface area contributed by atoms with Gasteiger partial charge < -0.3 is 15.4 Å². The molecule has 3 aromatic rings. The predicted octanol–water partition coefficient (Wildman–Crippen LogP) is 12.1. The lowest BCUT2D eigenvalue weighted by Crippen LogP contribution is -2.43. The third kappa shape index (κ3) is 11.5. The second-order valence-corrected chi connectivity index (χ2v) is 15.8. The van der Waals surface area contributed by atoms with Gasteiger partial charge in [0.1, 0.15) is 5.82 Å². The Morgan fingerprint density at radius 1 is 1.09 bits per heavy atom. The van der Waals surface area contributed by atoms with Crippen molar-refractivity contribution in [3.05, 3.63) is 57.8 Å². The molecule has 2 N–H and O–H groups in total. The van der Waals surface area contributed by atoms with Crippen molar-refractivity contribution in [3.63, 3.8) is 0 Å². The van der Waals surface area contributed by atoms with Crippen LogP contribution in [0.1, 0.15) is 145 Å². The number of hydrogen-bond acceptors (Lipinski definition) is 5. The molecule has 296 valence electrons. The molecule has 0 spiro atoms. The Morgan fingerprint density at radius 2 is 1.77 bits per heavy atom. The van der Waals surface area contributed by atoms with Gasteiger partial charge in [0.2, 0.25) is 6.41 Å². The van der Waals surface area contributed by atoms with Crippen LogP contribution in [0.4, 0.5) is 23.2 Å². The molecule has 1 aromatic heterocycles. The van der Waals surface area contributed by atoms with Crippen LogP contribution in [0, 0.1) is 35.9 Å². The van der Waals surface area contributed by atoms with Crippen molar-refractivity contribution in [1.82, 2.24) is 10.3 Å². The molecule has 2 amide bonds. The molecule has 1 saturated heterocycles. The van der Waals surface area contributed by atoms with E-state index in [9.17, 15) is 27.2 Å². The number of halogens is 4. The highest BCUT2D eigenvalue weighted by atomic mass is 32.1. The molecule has 5 unspecified atom stereocenters. The van der Waals surface area contributed by atoms with Gasteiger partial charge in [0.25, 0.3) is 5.91 Å². The number of alkyl halides is 3. The maximum absolute atomic E-state index is 13.4. The number of nitrogens with zero attached hydrogens (tertiary/aromatic N) is 1. The second kappa shape index (κ2) is 20.6. The minimum Gasteiger partial charge on any atom is -0.381 e. The summed E-state index contributed by atoms with van der Waals surface area (Å²) in [7, 11) is 0. The topological polar surface area (TPSA) is 80.3 Å². The van der Waals surface area contributed by atoms with Gasteiger partial charge in [-0.05, 0) is 111 Å². The van der Waals surface area contributed by atoms with Crippen molar-refractivity contribution in [3.8, 4) is 0 Å². The summed E-state index contributed by atoms with van der Waals surface area (Å²) in [5.41, 5.74) is 2.16. The van der Waals surface area contributed by atoms with Crippen LogP contribution in [-0.2, 0) is 15.7 Å². The number of rotatable bonds is 10. The molecule has 6 nitrogen and oxygen atoms in total. The number of aromatic nitrogens is 1. The number of benzene rings is 2. The predicted molar refractivity (Wildman–Crippen MR) is 209 cm³/mol. The Labute approximate surface area is 318 Å². The molecule has 11 heteroatoms. The molecule has 3 aliphatic rings. The van der Waals surface area contributed by atoms with E-state index >= 15 is 0 Å². The fourth-order valence-corrected chi connectivity index (χ4v) is 9.04. The first-order valence-electron chi connectivity index (χ1n) is 19.6. The molecule has 2 aliphatic carbocycles. The molecule has 6 rings (SSSR count). The standard InChI is InChI=1S/C21H28N2OS.C11H22O.C8H5F4NO.C2H6/c1-5-11(2)16-8-9-17-20(25-13(4)22-17)18(16)21(24)23-19-12(3)14-6-7-15(19)10-14;1-3-5-6-11(4-2)7-9-12-10-8-11;9-7-2-1-5(13-4-14)3-6(7)8(10,11)12;1-2/h8-9,11-12,14-15,19H,5-7,10H2,1-4H3,(H,23,24);3-10H2,1-2H3;1-4H,(H,13,14);1-2H3. The van der Waals surface area contributed by atoms with Crippen LogP contribution in [0.3, 0.4) is 0 Å². The Balaban J connectivity index is 0.000000230. The summed E-state index contributed by atoms with van der Waals surface area (Å²) in [5.74, 6) is 1.23. The number of unbranched alkanes of at least 4 members (excludes halogenated alkanes) is 1. The van der Waals surface area contributed by atoms with Crippen LogP contribution in [0.25, 0.3) is 10.2 Å². The Hall–Kier alpha value is -3.05. The average Bonchev–Trinajstić information content (AvgIpc) is 3.87. The summed E-state index contributed by atoms with van der Waals surface area (Å²) in [6.45, 7) is 19.4. The van der Waals surface area contributed by atoms with Gasteiger partial charge in [0.15, 0.2) is 0 Å². The summed E-state index contributed by atoms with van der Waals surface area (Å²) >= 11 is 1.65. The number of nitrogens with one attached hydrogen (secondary N) is 2. The van der Waals surface area contributed by atoms with Crippen LogP contribution in [0.15, 0.2) is 30.3 Å². The summed E-state index contributed by atoms with van der Waals surface area (Å²) in [5, 5.41) is 6.46. The molecule has 3 fully saturated rings. The lowest BCUT2D eigenvalue weighted by Gasteiger charge is -2.36. The monoisotopic (exact) mass is 763 g/mol. The van der Waals surface area contributed by atoms with E-state index in [0.717, 1.165) is 52.4 Å². The average molecular weight is 764 g/mol. The molecular formula is C42H61F4N3O3S. The quantitative estimate of drug-likeness (QED) is 0.159. The number of anilines is 1. The van der Waals surface area contributed by atoms with Gasteiger partial charge in [-0.1, -0.05) is 73.8 Å². The maximum atomic E-state index is 13.4. The smallest absolute Gasteiger partial charge is 0.381 e. The lowest BCUT2D eigenvalue weighted by molar-refractivity contribution is -0.140. The fourth-order valence-electron chi connectivity index (χ4n) is 8.07. The summed E-state index contributed by atoms with van der Waals surface area (Å²) in [6.07, 6.45) is 8.51. The highest BCUT2D eigenvalue weighted by molar-refractivity contribution is 7.19. The van der Waals surface area contributed by atoms with E-state index < -0.39 is 17.6 Å². The van der Waals surface area contributed by atoms with Gasteiger partial charge in [-0.3, -0.25) is 9.59 Å². The molecule has 2 bridgehead atoms. The number of aryl methyl sites for hydroxylation is 1. The first-order chi connectivity index (χ1) is 25.3. The zero-order valence-corrected chi connectivity index (χ0v) is 33.7. The van der Waals surface area contributed by atoms with Crippen molar-refractivity contribution >= 4 is 39.6 Å². The van der Waals surface area contributed by atoms with E-state index in [1.54, 1.807) is 11.3 Å². The minimum absolute atomic E-state index is 0.103. The van der Waals surface area contributed by atoms with Gasteiger partial charge >= 0.3 is 6.18 Å². The maximum Gasteiger partial charge on any atom is 0.419 e. The number of amides is 2. The number of ether oxygens (including phenoxy) is 1. The highest BCUT2D eigenvalue weighted by Gasteiger charge is 2.46.